The van der Waals surface area contributed by atoms with Crippen LogP contribution in [0.4, 0.5) is 0 Å². The molecular weight excluding hydrogens is 226 g/mol. The van der Waals surface area contributed by atoms with Crippen molar-refractivity contribution in [3.8, 4) is 0 Å². The third-order valence-electron chi connectivity index (χ3n) is 3.49. The zero-order valence-electron chi connectivity index (χ0n) is 10.5. The number of aromatic amines is 1. The number of hydrogen-bond donors (Lipinski definition) is 1. The number of imidazole rings is 1. The Morgan fingerprint density at radius 2 is 2.22 bits per heavy atom. The van der Waals surface area contributed by atoms with Gasteiger partial charge in [0.05, 0.1) is 12.5 Å². The molecule has 3 rings (SSSR count). The monoisotopic (exact) mass is 243 g/mol. The number of furan rings is 1. The lowest BCUT2D eigenvalue weighted by atomic mass is 9.94. The van der Waals surface area contributed by atoms with Crippen molar-refractivity contribution >= 4 is 5.57 Å². The summed E-state index contributed by atoms with van der Waals surface area (Å²) in [4.78, 5) is 9.97. The summed E-state index contributed by atoms with van der Waals surface area (Å²) >= 11 is 0. The number of nitrogens with zero attached hydrogens (tertiary/aromatic N) is 2. The number of piperidine rings is 1. The maximum absolute atomic E-state index is 5.22. The predicted molar refractivity (Wildman–Crippen MR) is 70.0 cm³/mol. The summed E-state index contributed by atoms with van der Waals surface area (Å²) < 4.78 is 5.22. The Balaban J connectivity index is 2.03. The molecule has 4 nitrogen and oxygen atoms in total. The molecule has 0 spiro atoms. The lowest BCUT2D eigenvalue weighted by Crippen LogP contribution is -2.27. The van der Waals surface area contributed by atoms with Crippen molar-refractivity contribution in [2.75, 3.05) is 20.1 Å². The number of likely N-dealkylation sites (tertiary alicyclic amines) is 1. The molecule has 0 unspecified atom stereocenters. The van der Waals surface area contributed by atoms with E-state index in [0.29, 0.717) is 0 Å². The summed E-state index contributed by atoms with van der Waals surface area (Å²) in [5.41, 5.74) is 3.79. The number of rotatable bonds is 2. The third-order valence-corrected chi connectivity index (χ3v) is 3.49. The molecule has 4 heteroatoms. The van der Waals surface area contributed by atoms with Gasteiger partial charge in [-0.05, 0) is 26.0 Å². The lowest BCUT2D eigenvalue weighted by molar-refractivity contribution is 0.313. The van der Waals surface area contributed by atoms with Crippen LogP contribution in [0.25, 0.3) is 5.57 Å². The van der Waals surface area contributed by atoms with Gasteiger partial charge in [0.15, 0.2) is 0 Å². The van der Waals surface area contributed by atoms with Crippen LogP contribution in [-0.2, 0) is 0 Å². The highest BCUT2D eigenvalue weighted by Crippen LogP contribution is 2.30. The quantitative estimate of drug-likeness (QED) is 0.881. The highest BCUT2D eigenvalue weighted by atomic mass is 16.3. The molecule has 2 aromatic heterocycles. The van der Waals surface area contributed by atoms with E-state index in [0.717, 1.165) is 37.3 Å². The summed E-state index contributed by atoms with van der Waals surface area (Å²) in [6.07, 6.45) is 9.36. The predicted octanol–water partition coefficient (Wildman–Crippen LogP) is 2.53. The van der Waals surface area contributed by atoms with Crippen LogP contribution in [0, 0.1) is 0 Å². The van der Waals surface area contributed by atoms with Crippen LogP contribution in [0.3, 0.4) is 0 Å². The largest absolute Gasteiger partial charge is 0.472 e. The van der Waals surface area contributed by atoms with Crippen LogP contribution >= 0.6 is 0 Å². The Hall–Kier alpha value is -1.81. The first kappa shape index (κ1) is 11.3. The molecule has 0 radical (unpaired) electrons. The van der Waals surface area contributed by atoms with Gasteiger partial charge in [-0.2, -0.15) is 0 Å². The molecule has 1 N–H and O–H groups in total. The fraction of sp³-hybridized carbons (Fsp3) is 0.357. The van der Waals surface area contributed by atoms with Crippen molar-refractivity contribution in [1.29, 1.82) is 0 Å². The van der Waals surface area contributed by atoms with Crippen molar-refractivity contribution in [2.24, 2.45) is 0 Å². The van der Waals surface area contributed by atoms with Crippen LogP contribution in [0.1, 0.15) is 24.2 Å². The maximum atomic E-state index is 5.22. The molecule has 0 aromatic carbocycles. The summed E-state index contributed by atoms with van der Waals surface area (Å²) in [6, 6.07) is 2.00. The minimum atomic E-state index is 0.941. The minimum absolute atomic E-state index is 0.941. The number of nitrogens with one attached hydrogen (secondary N) is 1. The fourth-order valence-electron chi connectivity index (χ4n) is 2.46. The molecule has 1 saturated heterocycles. The van der Waals surface area contributed by atoms with Gasteiger partial charge in [-0.15, -0.1) is 0 Å². The number of aromatic nitrogens is 2. The smallest absolute Gasteiger partial charge is 0.137 e. The van der Waals surface area contributed by atoms with Gasteiger partial charge in [0.1, 0.15) is 5.82 Å². The molecule has 94 valence electrons. The van der Waals surface area contributed by atoms with Gasteiger partial charge in [-0.1, -0.05) is 5.57 Å². The van der Waals surface area contributed by atoms with Crippen molar-refractivity contribution < 1.29 is 4.42 Å². The Bertz CT molecular complexity index is 479. The molecule has 0 saturated carbocycles. The first-order valence-corrected chi connectivity index (χ1v) is 6.27. The third kappa shape index (κ3) is 2.11. The van der Waals surface area contributed by atoms with Gasteiger partial charge in [0, 0.05) is 36.6 Å². The molecule has 0 aliphatic carbocycles. The normalized spacial score (nSPS) is 17.1. The Kier molecular flexibility index (Phi) is 3.02. The second-order valence-electron chi connectivity index (χ2n) is 4.73. The minimum Gasteiger partial charge on any atom is -0.472 e. The van der Waals surface area contributed by atoms with Gasteiger partial charge < -0.3 is 14.3 Å². The summed E-state index contributed by atoms with van der Waals surface area (Å²) in [5, 5.41) is 0. The van der Waals surface area contributed by atoms with Gasteiger partial charge in [0.25, 0.3) is 0 Å². The highest BCUT2D eigenvalue weighted by molar-refractivity contribution is 5.78. The Morgan fingerprint density at radius 3 is 2.83 bits per heavy atom. The van der Waals surface area contributed by atoms with E-state index in [1.807, 2.05) is 12.3 Å². The SMILES string of the molecule is CN1CCC(=C(c2ccoc2)c2ncc[nH]2)CC1. The average Bonchev–Trinajstić information content (AvgIpc) is 3.06. The lowest BCUT2D eigenvalue weighted by Gasteiger charge is -2.25. The first-order valence-electron chi connectivity index (χ1n) is 6.27. The standard InChI is InChI=1S/C14H17N3O/c1-17-7-2-11(3-8-17)13(12-4-9-18-10-12)14-15-5-6-16-14/h4-6,9-10H,2-3,7-8H2,1H3,(H,15,16). The van der Waals surface area contributed by atoms with E-state index in [4.69, 9.17) is 4.42 Å². The van der Waals surface area contributed by atoms with E-state index < -0.39 is 0 Å². The summed E-state index contributed by atoms with van der Waals surface area (Å²) in [5.74, 6) is 0.941. The van der Waals surface area contributed by atoms with Crippen molar-refractivity contribution in [2.45, 2.75) is 12.8 Å². The van der Waals surface area contributed by atoms with E-state index in [2.05, 4.69) is 21.9 Å². The van der Waals surface area contributed by atoms with Gasteiger partial charge in [-0.25, -0.2) is 4.98 Å². The average molecular weight is 243 g/mol. The molecule has 1 aliphatic rings. The van der Waals surface area contributed by atoms with Crippen LogP contribution in [-0.4, -0.2) is 35.0 Å². The van der Waals surface area contributed by atoms with E-state index in [1.165, 1.54) is 11.1 Å². The molecule has 2 aromatic rings. The topological polar surface area (TPSA) is 45.1 Å². The van der Waals surface area contributed by atoms with Crippen molar-refractivity contribution in [3.05, 3.63) is 47.9 Å². The first-order chi connectivity index (χ1) is 8.84. The molecule has 0 bridgehead atoms. The fourth-order valence-corrected chi connectivity index (χ4v) is 2.46. The maximum Gasteiger partial charge on any atom is 0.137 e. The van der Waals surface area contributed by atoms with Crippen LogP contribution in [0.5, 0.6) is 0 Å². The van der Waals surface area contributed by atoms with Crippen LogP contribution < -0.4 is 0 Å². The number of H-pyrrole nitrogens is 1. The van der Waals surface area contributed by atoms with Crippen LogP contribution in [0.15, 0.2) is 41.0 Å². The Labute approximate surface area is 106 Å². The molecular formula is C14H17N3O. The van der Waals surface area contributed by atoms with Crippen molar-refractivity contribution in [3.63, 3.8) is 0 Å². The van der Waals surface area contributed by atoms with E-state index in [9.17, 15) is 0 Å². The summed E-state index contributed by atoms with van der Waals surface area (Å²) in [6.45, 7) is 2.22. The van der Waals surface area contributed by atoms with Gasteiger partial charge in [-0.3, -0.25) is 0 Å². The number of hydrogen-bond acceptors (Lipinski definition) is 3. The summed E-state index contributed by atoms with van der Waals surface area (Å²) in [7, 11) is 2.17. The van der Waals surface area contributed by atoms with E-state index in [1.54, 1.807) is 18.7 Å². The molecule has 0 atom stereocenters. The second-order valence-corrected chi connectivity index (χ2v) is 4.73. The zero-order chi connectivity index (χ0) is 12.4. The van der Waals surface area contributed by atoms with Crippen LogP contribution in [0.2, 0.25) is 0 Å². The van der Waals surface area contributed by atoms with Gasteiger partial charge >= 0.3 is 0 Å². The molecule has 1 fully saturated rings. The molecule has 18 heavy (non-hydrogen) atoms. The van der Waals surface area contributed by atoms with E-state index in [-0.39, 0.29) is 0 Å². The Morgan fingerprint density at radius 1 is 1.39 bits per heavy atom. The zero-order valence-corrected chi connectivity index (χ0v) is 10.5. The van der Waals surface area contributed by atoms with Gasteiger partial charge in [0.2, 0.25) is 0 Å². The molecule has 3 heterocycles. The molecule has 1 aliphatic heterocycles. The highest BCUT2D eigenvalue weighted by Gasteiger charge is 2.18. The van der Waals surface area contributed by atoms with Crippen molar-refractivity contribution in [1.82, 2.24) is 14.9 Å². The molecule has 0 amide bonds. The van der Waals surface area contributed by atoms with E-state index >= 15 is 0 Å². The second kappa shape index (κ2) is 4.82.